The maximum Gasteiger partial charge on any atom is 0.410 e. The molecule has 0 aliphatic carbocycles. The summed E-state index contributed by atoms with van der Waals surface area (Å²) in [5.74, 6) is -0.0481. The van der Waals surface area contributed by atoms with Crippen LogP contribution in [0.4, 0.5) is 4.79 Å². The van der Waals surface area contributed by atoms with Crippen molar-refractivity contribution in [3.05, 3.63) is 0 Å². The smallest absolute Gasteiger partial charge is 0.410 e. The van der Waals surface area contributed by atoms with Gasteiger partial charge in [0, 0.05) is 6.54 Å². The molecule has 0 saturated carbocycles. The Morgan fingerprint density at radius 1 is 1.18 bits per heavy atom. The molecule has 0 aliphatic heterocycles. The lowest BCUT2D eigenvalue weighted by atomic mass is 10.0. The fraction of sp³-hybridized carbons (Fsp3) is 0.833. The van der Waals surface area contributed by atoms with Crippen LogP contribution in [-0.2, 0) is 14.3 Å². The average molecular weight is 245 g/mol. The normalized spacial score (nSPS) is 10.2. The highest BCUT2D eigenvalue weighted by molar-refractivity contribution is 5.77. The maximum absolute atomic E-state index is 11.7. The summed E-state index contributed by atoms with van der Waals surface area (Å²) in [4.78, 5) is 24.3. The van der Waals surface area contributed by atoms with Crippen molar-refractivity contribution >= 4 is 12.1 Å². The summed E-state index contributed by atoms with van der Waals surface area (Å²) in [6.07, 6.45) is 1.48. The second-order valence-corrected chi connectivity index (χ2v) is 3.84. The number of carbonyl (C=O) groups is 2. The third-order valence-electron chi connectivity index (χ3n) is 2.71. The van der Waals surface area contributed by atoms with Crippen molar-refractivity contribution in [1.82, 2.24) is 4.90 Å². The molecule has 0 atom stereocenters. The van der Waals surface area contributed by atoms with E-state index in [0.717, 1.165) is 12.8 Å². The van der Waals surface area contributed by atoms with E-state index in [1.54, 1.807) is 6.92 Å². The number of ether oxygens (including phenoxy) is 2. The van der Waals surface area contributed by atoms with E-state index in [1.807, 2.05) is 0 Å². The number of esters is 1. The number of amides is 1. The summed E-state index contributed by atoms with van der Waals surface area (Å²) >= 11 is 0. The number of carbonyl (C=O) groups excluding carboxylic acids is 2. The van der Waals surface area contributed by atoms with E-state index >= 15 is 0 Å². The van der Waals surface area contributed by atoms with Crippen molar-refractivity contribution in [3.63, 3.8) is 0 Å². The topological polar surface area (TPSA) is 55.8 Å². The van der Waals surface area contributed by atoms with E-state index in [1.165, 1.54) is 12.0 Å². The Balaban J connectivity index is 4.48. The predicted octanol–water partition coefficient (Wildman–Crippen LogP) is 2.05. The first-order chi connectivity index (χ1) is 8.08. The van der Waals surface area contributed by atoms with Crippen LogP contribution in [0.1, 0.15) is 33.6 Å². The van der Waals surface area contributed by atoms with Crippen LogP contribution in [0.3, 0.4) is 0 Å². The second kappa shape index (κ2) is 8.84. The highest BCUT2D eigenvalue weighted by atomic mass is 16.6. The molecule has 0 saturated heterocycles. The Morgan fingerprint density at radius 2 is 1.76 bits per heavy atom. The molecule has 0 aromatic heterocycles. The zero-order valence-electron chi connectivity index (χ0n) is 11.2. The van der Waals surface area contributed by atoms with Gasteiger partial charge in [-0.1, -0.05) is 26.7 Å². The first-order valence-corrected chi connectivity index (χ1v) is 6.07. The monoisotopic (exact) mass is 245 g/mol. The Kier molecular flexibility index (Phi) is 8.19. The van der Waals surface area contributed by atoms with E-state index in [4.69, 9.17) is 4.74 Å². The molecule has 0 fully saturated rings. The molecule has 5 nitrogen and oxygen atoms in total. The molecule has 0 rings (SSSR count). The van der Waals surface area contributed by atoms with Crippen LogP contribution in [0.5, 0.6) is 0 Å². The van der Waals surface area contributed by atoms with Crippen molar-refractivity contribution in [3.8, 4) is 0 Å². The third kappa shape index (κ3) is 6.14. The summed E-state index contributed by atoms with van der Waals surface area (Å²) in [5, 5.41) is 0. The number of hydrogen-bond acceptors (Lipinski definition) is 4. The van der Waals surface area contributed by atoms with Gasteiger partial charge in [0.15, 0.2) is 0 Å². The van der Waals surface area contributed by atoms with Crippen LogP contribution in [0.25, 0.3) is 0 Å². The van der Waals surface area contributed by atoms with E-state index in [9.17, 15) is 9.59 Å². The summed E-state index contributed by atoms with van der Waals surface area (Å²) in [6.45, 7) is 6.66. The molecule has 0 unspecified atom stereocenters. The van der Waals surface area contributed by atoms with Crippen molar-refractivity contribution in [2.75, 3.05) is 26.8 Å². The Bertz CT molecular complexity index is 239. The molecule has 0 aromatic carbocycles. The first kappa shape index (κ1) is 15.7. The first-order valence-electron chi connectivity index (χ1n) is 6.07. The summed E-state index contributed by atoms with van der Waals surface area (Å²) in [6, 6.07) is 0. The van der Waals surface area contributed by atoms with Crippen molar-refractivity contribution < 1.29 is 19.1 Å². The lowest BCUT2D eigenvalue weighted by Crippen LogP contribution is -2.39. The molecule has 100 valence electrons. The van der Waals surface area contributed by atoms with Gasteiger partial charge in [-0.25, -0.2) is 4.79 Å². The van der Waals surface area contributed by atoms with Gasteiger partial charge in [0.05, 0.1) is 13.7 Å². The molecule has 0 aliphatic rings. The van der Waals surface area contributed by atoms with Crippen LogP contribution in [0.2, 0.25) is 0 Å². The number of methoxy groups -OCH3 is 1. The highest BCUT2D eigenvalue weighted by Crippen LogP contribution is 2.11. The average Bonchev–Trinajstić information content (AvgIpc) is 2.34. The molecule has 5 heteroatoms. The van der Waals surface area contributed by atoms with E-state index < -0.39 is 12.1 Å². The maximum atomic E-state index is 11.7. The molecule has 0 spiro atoms. The predicted molar refractivity (Wildman–Crippen MR) is 64.7 cm³/mol. The minimum Gasteiger partial charge on any atom is -0.468 e. The van der Waals surface area contributed by atoms with Crippen LogP contribution < -0.4 is 0 Å². The number of nitrogens with zero attached hydrogens (tertiary/aromatic N) is 1. The van der Waals surface area contributed by atoms with Crippen LogP contribution in [0, 0.1) is 5.92 Å². The van der Waals surface area contributed by atoms with Gasteiger partial charge in [-0.05, 0) is 12.8 Å². The van der Waals surface area contributed by atoms with Gasteiger partial charge in [0.2, 0.25) is 0 Å². The second-order valence-electron chi connectivity index (χ2n) is 3.84. The van der Waals surface area contributed by atoms with Crippen molar-refractivity contribution in [2.45, 2.75) is 33.6 Å². The number of hydrogen-bond donors (Lipinski definition) is 0. The highest BCUT2D eigenvalue weighted by Gasteiger charge is 2.21. The zero-order chi connectivity index (χ0) is 13.3. The van der Waals surface area contributed by atoms with Crippen LogP contribution >= 0.6 is 0 Å². The summed E-state index contributed by atoms with van der Waals surface area (Å²) < 4.78 is 9.49. The van der Waals surface area contributed by atoms with Gasteiger partial charge < -0.3 is 9.47 Å². The largest absolute Gasteiger partial charge is 0.468 e. The number of rotatable bonds is 7. The fourth-order valence-corrected chi connectivity index (χ4v) is 1.50. The molecular weight excluding hydrogens is 222 g/mol. The van der Waals surface area contributed by atoms with Gasteiger partial charge in [0.25, 0.3) is 0 Å². The zero-order valence-corrected chi connectivity index (χ0v) is 11.2. The Labute approximate surface area is 103 Å². The lowest BCUT2D eigenvalue weighted by molar-refractivity contribution is -0.141. The molecule has 0 bridgehead atoms. The summed E-state index contributed by atoms with van der Waals surface area (Å²) in [7, 11) is 1.31. The molecule has 0 N–H and O–H groups in total. The van der Waals surface area contributed by atoms with Crippen molar-refractivity contribution in [2.24, 2.45) is 5.92 Å². The molecule has 0 heterocycles. The minimum atomic E-state index is -0.454. The van der Waals surface area contributed by atoms with Crippen LogP contribution in [-0.4, -0.2) is 43.8 Å². The lowest BCUT2D eigenvalue weighted by Gasteiger charge is -2.24. The minimum absolute atomic E-state index is 0.0498. The van der Waals surface area contributed by atoms with Crippen molar-refractivity contribution in [1.29, 1.82) is 0 Å². The molecule has 0 radical (unpaired) electrons. The van der Waals surface area contributed by atoms with Crippen LogP contribution in [0.15, 0.2) is 0 Å². The standard InChI is InChI=1S/C12H23NO4/c1-5-10(6-2)8-13(9-11(14)16-4)12(15)17-7-3/h10H,5-9H2,1-4H3. The SMILES string of the molecule is CCOC(=O)N(CC(=O)OC)CC(CC)CC. The molecule has 1 amide bonds. The van der Waals surface area contributed by atoms with E-state index in [0.29, 0.717) is 19.1 Å². The van der Waals surface area contributed by atoms with Gasteiger partial charge in [0.1, 0.15) is 6.54 Å². The molecular formula is C12H23NO4. The van der Waals surface area contributed by atoms with Gasteiger partial charge in [-0.2, -0.15) is 0 Å². The third-order valence-corrected chi connectivity index (χ3v) is 2.71. The van der Waals surface area contributed by atoms with Gasteiger partial charge >= 0.3 is 12.1 Å². The molecule has 17 heavy (non-hydrogen) atoms. The Hall–Kier alpha value is -1.26. The van der Waals surface area contributed by atoms with Gasteiger partial charge in [-0.3, -0.25) is 9.69 Å². The Morgan fingerprint density at radius 3 is 2.18 bits per heavy atom. The van der Waals surface area contributed by atoms with Gasteiger partial charge in [-0.15, -0.1) is 0 Å². The quantitative estimate of drug-likeness (QED) is 0.644. The summed E-state index contributed by atoms with van der Waals surface area (Å²) in [5.41, 5.74) is 0. The van der Waals surface area contributed by atoms with E-state index in [2.05, 4.69) is 18.6 Å². The fourth-order valence-electron chi connectivity index (χ4n) is 1.50. The van der Waals surface area contributed by atoms with E-state index in [-0.39, 0.29) is 6.54 Å². The molecule has 0 aromatic rings.